The Balaban J connectivity index is 1.41. The standard InChI is InChI=1S/C23H33N3O4/c1-3-18-5-7-19(8-6-18)22(28)26-15-13-24(14-16-26)17-21(27)25-11-9-20(10-12-25)23(29)30-4-2/h5-8,20H,3-4,9-17H2,1-2H3. The maximum absolute atomic E-state index is 12.7. The second-order valence-corrected chi connectivity index (χ2v) is 8.03. The van der Waals surface area contributed by atoms with Crippen LogP contribution in [0, 0.1) is 5.92 Å². The van der Waals surface area contributed by atoms with Crippen LogP contribution in [0.25, 0.3) is 0 Å². The van der Waals surface area contributed by atoms with Crippen molar-refractivity contribution in [2.75, 3.05) is 52.4 Å². The molecule has 2 amide bonds. The van der Waals surface area contributed by atoms with E-state index in [1.54, 1.807) is 0 Å². The topological polar surface area (TPSA) is 70.2 Å². The van der Waals surface area contributed by atoms with Gasteiger partial charge in [-0.1, -0.05) is 19.1 Å². The second kappa shape index (κ2) is 10.6. The monoisotopic (exact) mass is 415 g/mol. The van der Waals surface area contributed by atoms with Crippen molar-refractivity contribution >= 4 is 17.8 Å². The molecular formula is C23H33N3O4. The summed E-state index contributed by atoms with van der Waals surface area (Å²) >= 11 is 0. The highest BCUT2D eigenvalue weighted by atomic mass is 16.5. The number of benzene rings is 1. The zero-order chi connectivity index (χ0) is 21.5. The molecule has 2 fully saturated rings. The molecule has 0 N–H and O–H groups in total. The quantitative estimate of drug-likeness (QED) is 0.663. The molecule has 30 heavy (non-hydrogen) atoms. The molecule has 0 saturated carbocycles. The van der Waals surface area contributed by atoms with Crippen molar-refractivity contribution in [3.8, 4) is 0 Å². The van der Waals surface area contributed by atoms with Gasteiger partial charge in [-0.25, -0.2) is 0 Å². The molecule has 1 aromatic rings. The van der Waals surface area contributed by atoms with E-state index in [0.29, 0.717) is 65.3 Å². The summed E-state index contributed by atoms with van der Waals surface area (Å²) < 4.78 is 5.09. The molecule has 2 heterocycles. The van der Waals surface area contributed by atoms with Gasteiger partial charge in [-0.05, 0) is 43.9 Å². The molecule has 7 heteroatoms. The minimum atomic E-state index is -0.144. The molecular weight excluding hydrogens is 382 g/mol. The first kappa shape index (κ1) is 22.3. The Morgan fingerprint density at radius 2 is 1.53 bits per heavy atom. The third-order valence-corrected chi connectivity index (χ3v) is 6.10. The molecule has 0 atom stereocenters. The summed E-state index contributed by atoms with van der Waals surface area (Å²) in [5.74, 6) is -0.0680. The predicted molar refractivity (Wildman–Crippen MR) is 114 cm³/mol. The zero-order valence-corrected chi connectivity index (χ0v) is 18.1. The van der Waals surface area contributed by atoms with E-state index in [2.05, 4.69) is 11.8 Å². The van der Waals surface area contributed by atoms with E-state index in [0.717, 1.165) is 12.0 Å². The number of hydrogen-bond donors (Lipinski definition) is 0. The van der Waals surface area contributed by atoms with E-state index in [1.165, 1.54) is 5.56 Å². The van der Waals surface area contributed by atoms with Crippen molar-refractivity contribution in [3.05, 3.63) is 35.4 Å². The smallest absolute Gasteiger partial charge is 0.309 e. The van der Waals surface area contributed by atoms with Gasteiger partial charge in [0.15, 0.2) is 0 Å². The lowest BCUT2D eigenvalue weighted by Gasteiger charge is -2.36. The van der Waals surface area contributed by atoms with E-state index in [1.807, 2.05) is 41.0 Å². The van der Waals surface area contributed by atoms with E-state index < -0.39 is 0 Å². The van der Waals surface area contributed by atoms with Gasteiger partial charge in [0.05, 0.1) is 19.1 Å². The lowest BCUT2D eigenvalue weighted by atomic mass is 9.97. The SMILES string of the molecule is CCOC(=O)C1CCN(C(=O)CN2CCN(C(=O)c3ccc(CC)cc3)CC2)CC1. The maximum Gasteiger partial charge on any atom is 0.309 e. The van der Waals surface area contributed by atoms with Gasteiger partial charge < -0.3 is 14.5 Å². The van der Waals surface area contributed by atoms with Crippen LogP contribution in [0.2, 0.25) is 0 Å². The molecule has 2 aliphatic rings. The summed E-state index contributed by atoms with van der Waals surface area (Å²) in [7, 11) is 0. The average Bonchev–Trinajstić information content (AvgIpc) is 2.79. The minimum Gasteiger partial charge on any atom is -0.466 e. The number of likely N-dealkylation sites (tertiary alicyclic amines) is 1. The zero-order valence-electron chi connectivity index (χ0n) is 18.1. The van der Waals surface area contributed by atoms with Crippen LogP contribution in [0.3, 0.4) is 0 Å². The number of carbonyl (C=O) groups is 3. The van der Waals surface area contributed by atoms with E-state index in [9.17, 15) is 14.4 Å². The summed E-state index contributed by atoms with van der Waals surface area (Å²) in [6.07, 6.45) is 2.30. The number of carbonyl (C=O) groups excluding carboxylic acids is 3. The van der Waals surface area contributed by atoms with Crippen molar-refractivity contribution in [1.82, 2.24) is 14.7 Å². The summed E-state index contributed by atoms with van der Waals surface area (Å²) in [6.45, 7) is 8.55. The minimum absolute atomic E-state index is 0.0599. The number of piperidine rings is 1. The van der Waals surface area contributed by atoms with Crippen LogP contribution in [0.1, 0.15) is 42.6 Å². The predicted octanol–water partition coefficient (Wildman–Crippen LogP) is 1.81. The van der Waals surface area contributed by atoms with Crippen LogP contribution < -0.4 is 0 Å². The summed E-state index contributed by atoms with van der Waals surface area (Å²) in [5, 5.41) is 0. The first-order valence-corrected chi connectivity index (χ1v) is 11.1. The van der Waals surface area contributed by atoms with Gasteiger partial charge in [0.2, 0.25) is 5.91 Å². The molecule has 0 bridgehead atoms. The van der Waals surface area contributed by atoms with E-state index in [-0.39, 0.29) is 23.7 Å². The highest BCUT2D eigenvalue weighted by molar-refractivity contribution is 5.94. The normalized spacial score (nSPS) is 18.3. The van der Waals surface area contributed by atoms with E-state index >= 15 is 0 Å². The third kappa shape index (κ3) is 5.59. The van der Waals surface area contributed by atoms with Crippen molar-refractivity contribution < 1.29 is 19.1 Å². The molecule has 0 spiro atoms. The highest BCUT2D eigenvalue weighted by Crippen LogP contribution is 2.19. The number of piperazine rings is 1. The van der Waals surface area contributed by atoms with Crippen LogP contribution >= 0.6 is 0 Å². The number of amides is 2. The second-order valence-electron chi connectivity index (χ2n) is 8.03. The summed E-state index contributed by atoms with van der Waals surface area (Å²) in [6, 6.07) is 7.81. The molecule has 2 aliphatic heterocycles. The Morgan fingerprint density at radius 3 is 2.10 bits per heavy atom. The first-order chi connectivity index (χ1) is 14.5. The van der Waals surface area contributed by atoms with Crippen LogP contribution in [0.4, 0.5) is 0 Å². The molecule has 7 nitrogen and oxygen atoms in total. The number of rotatable bonds is 6. The van der Waals surface area contributed by atoms with Gasteiger partial charge in [-0.3, -0.25) is 19.3 Å². The van der Waals surface area contributed by atoms with Gasteiger partial charge in [0.1, 0.15) is 0 Å². The molecule has 2 saturated heterocycles. The van der Waals surface area contributed by atoms with Gasteiger partial charge >= 0.3 is 5.97 Å². The fourth-order valence-electron chi connectivity index (χ4n) is 4.09. The van der Waals surface area contributed by atoms with Gasteiger partial charge in [0, 0.05) is 44.8 Å². The van der Waals surface area contributed by atoms with Crippen molar-refractivity contribution in [1.29, 1.82) is 0 Å². The van der Waals surface area contributed by atoms with Crippen molar-refractivity contribution in [3.63, 3.8) is 0 Å². The first-order valence-electron chi connectivity index (χ1n) is 11.1. The lowest BCUT2D eigenvalue weighted by molar-refractivity contribution is -0.151. The van der Waals surface area contributed by atoms with Crippen LogP contribution in [0.5, 0.6) is 0 Å². The average molecular weight is 416 g/mol. The summed E-state index contributed by atoms with van der Waals surface area (Å²) in [4.78, 5) is 43.0. The van der Waals surface area contributed by atoms with Crippen molar-refractivity contribution in [2.45, 2.75) is 33.1 Å². The number of nitrogens with zero attached hydrogens (tertiary/aromatic N) is 3. The van der Waals surface area contributed by atoms with Crippen LogP contribution in [-0.4, -0.2) is 84.9 Å². The van der Waals surface area contributed by atoms with Crippen molar-refractivity contribution in [2.24, 2.45) is 5.92 Å². The van der Waals surface area contributed by atoms with Gasteiger partial charge in [0.25, 0.3) is 5.91 Å². The molecule has 0 aliphatic carbocycles. The molecule has 0 aromatic heterocycles. The molecule has 0 unspecified atom stereocenters. The lowest BCUT2D eigenvalue weighted by Crippen LogP contribution is -2.52. The Morgan fingerprint density at radius 1 is 0.900 bits per heavy atom. The molecule has 164 valence electrons. The van der Waals surface area contributed by atoms with Crippen LogP contribution in [0.15, 0.2) is 24.3 Å². The highest BCUT2D eigenvalue weighted by Gasteiger charge is 2.30. The summed E-state index contributed by atoms with van der Waals surface area (Å²) in [5.41, 5.74) is 1.95. The molecule has 3 rings (SSSR count). The fraction of sp³-hybridized carbons (Fsp3) is 0.609. The van der Waals surface area contributed by atoms with Gasteiger partial charge in [-0.2, -0.15) is 0 Å². The molecule has 1 aromatic carbocycles. The number of ether oxygens (including phenoxy) is 1. The largest absolute Gasteiger partial charge is 0.466 e. The Hall–Kier alpha value is -2.41. The maximum atomic E-state index is 12.7. The van der Waals surface area contributed by atoms with Crippen LogP contribution in [-0.2, 0) is 20.7 Å². The number of aryl methyl sites for hydroxylation is 1. The molecule has 0 radical (unpaired) electrons. The van der Waals surface area contributed by atoms with Gasteiger partial charge in [-0.15, -0.1) is 0 Å². The Bertz CT molecular complexity index is 733. The number of esters is 1. The fourth-order valence-corrected chi connectivity index (χ4v) is 4.09. The van der Waals surface area contributed by atoms with E-state index in [4.69, 9.17) is 4.74 Å². The Kier molecular flexibility index (Phi) is 7.85. The third-order valence-electron chi connectivity index (χ3n) is 6.10. The number of hydrogen-bond acceptors (Lipinski definition) is 5. The Labute approximate surface area is 179 Å².